The average molecular weight is 349 g/mol. The van der Waals surface area contributed by atoms with E-state index in [2.05, 4.69) is 40.7 Å². The predicted octanol–water partition coefficient (Wildman–Crippen LogP) is 5.01. The molecule has 4 heteroatoms. The Balaban J connectivity index is 1.75. The number of aromatic nitrogens is 2. The number of piperidine rings is 1. The second-order valence-electron chi connectivity index (χ2n) is 7.32. The summed E-state index contributed by atoms with van der Waals surface area (Å²) in [4.78, 5) is 19.4. The molecule has 1 aliphatic heterocycles. The van der Waals surface area contributed by atoms with Crippen LogP contribution in [-0.4, -0.2) is 33.4 Å². The first-order chi connectivity index (χ1) is 12.8. The van der Waals surface area contributed by atoms with Gasteiger partial charge in [0.2, 0.25) is 0 Å². The molecule has 136 valence electrons. The van der Waals surface area contributed by atoms with Gasteiger partial charge >= 0.3 is 0 Å². The van der Waals surface area contributed by atoms with Gasteiger partial charge in [-0.25, -0.2) is 4.98 Å². The number of aryl methyl sites for hydroxylation is 1. The van der Waals surface area contributed by atoms with E-state index >= 15 is 0 Å². The van der Waals surface area contributed by atoms with Gasteiger partial charge in [0.05, 0.1) is 11.7 Å². The lowest BCUT2D eigenvalue weighted by Gasteiger charge is -2.26. The predicted molar refractivity (Wildman–Crippen MR) is 107 cm³/mol. The zero-order valence-electron chi connectivity index (χ0n) is 15.6. The minimum absolute atomic E-state index is 0.0782. The Morgan fingerprint density at radius 1 is 1.04 bits per heavy atom. The largest absolute Gasteiger partial charge is 0.339 e. The van der Waals surface area contributed by atoms with Gasteiger partial charge < -0.3 is 9.47 Å². The van der Waals surface area contributed by atoms with E-state index in [0.29, 0.717) is 5.69 Å². The van der Waals surface area contributed by atoms with Crippen LogP contribution in [0.5, 0.6) is 0 Å². The Labute approximate surface area is 154 Å². The number of hydrogen-bond acceptors (Lipinski definition) is 2. The van der Waals surface area contributed by atoms with E-state index in [9.17, 15) is 4.79 Å². The third-order valence-electron chi connectivity index (χ3n) is 5.51. The van der Waals surface area contributed by atoms with E-state index < -0.39 is 0 Å². The Bertz CT molecular complexity index is 922. The van der Waals surface area contributed by atoms with Crippen LogP contribution in [0.15, 0.2) is 36.5 Å². The highest BCUT2D eigenvalue weighted by molar-refractivity contribution is 6.09. The number of unbranched alkanes of at least 4 members (excludes halogenated alkanes) is 2. The molecule has 3 heterocycles. The number of pyridine rings is 1. The monoisotopic (exact) mass is 349 g/mol. The van der Waals surface area contributed by atoms with Crippen LogP contribution in [0.2, 0.25) is 0 Å². The molecule has 1 fully saturated rings. The molecule has 3 aromatic rings. The SMILES string of the molecule is CCCCCn1c2ccccc2c2cc(C(=O)N3CCCCC3)ncc21. The number of hydrogen-bond donors (Lipinski definition) is 0. The first-order valence-corrected chi connectivity index (χ1v) is 9.96. The number of amides is 1. The van der Waals surface area contributed by atoms with Gasteiger partial charge in [0, 0.05) is 35.9 Å². The number of carbonyl (C=O) groups is 1. The van der Waals surface area contributed by atoms with Crippen LogP contribution in [-0.2, 0) is 6.54 Å². The molecule has 0 saturated carbocycles. The summed E-state index contributed by atoms with van der Waals surface area (Å²) < 4.78 is 2.36. The van der Waals surface area contributed by atoms with Crippen molar-refractivity contribution in [2.24, 2.45) is 0 Å². The van der Waals surface area contributed by atoms with E-state index in [1.165, 1.54) is 36.6 Å². The molecule has 0 atom stereocenters. The Kier molecular flexibility index (Phi) is 4.91. The molecule has 0 spiro atoms. The highest BCUT2D eigenvalue weighted by atomic mass is 16.2. The van der Waals surface area contributed by atoms with Crippen LogP contribution in [0, 0.1) is 0 Å². The molecule has 0 unspecified atom stereocenters. The van der Waals surface area contributed by atoms with Crippen LogP contribution >= 0.6 is 0 Å². The highest BCUT2D eigenvalue weighted by Crippen LogP contribution is 2.29. The van der Waals surface area contributed by atoms with Crippen molar-refractivity contribution in [1.82, 2.24) is 14.5 Å². The molecule has 1 aromatic carbocycles. The molecule has 0 bridgehead atoms. The number of rotatable bonds is 5. The van der Waals surface area contributed by atoms with E-state index in [1.807, 2.05) is 17.2 Å². The van der Waals surface area contributed by atoms with Crippen molar-refractivity contribution in [2.75, 3.05) is 13.1 Å². The van der Waals surface area contributed by atoms with Crippen LogP contribution in [0.25, 0.3) is 21.8 Å². The number of likely N-dealkylation sites (tertiary alicyclic amines) is 1. The maximum Gasteiger partial charge on any atom is 0.272 e. The molecule has 1 aliphatic rings. The summed E-state index contributed by atoms with van der Waals surface area (Å²) in [7, 11) is 0. The van der Waals surface area contributed by atoms with Crippen molar-refractivity contribution in [3.63, 3.8) is 0 Å². The first-order valence-electron chi connectivity index (χ1n) is 9.96. The van der Waals surface area contributed by atoms with Crippen LogP contribution in [0.4, 0.5) is 0 Å². The summed E-state index contributed by atoms with van der Waals surface area (Å²) in [6.45, 7) is 4.94. The van der Waals surface area contributed by atoms with Gasteiger partial charge in [-0.05, 0) is 37.8 Å². The molecule has 0 radical (unpaired) electrons. The third kappa shape index (κ3) is 3.09. The molecule has 0 N–H and O–H groups in total. The summed E-state index contributed by atoms with van der Waals surface area (Å²) in [6, 6.07) is 10.5. The van der Waals surface area contributed by atoms with Gasteiger partial charge in [0.1, 0.15) is 5.69 Å². The van der Waals surface area contributed by atoms with Gasteiger partial charge in [0.25, 0.3) is 5.91 Å². The number of nitrogens with zero attached hydrogens (tertiary/aromatic N) is 3. The number of fused-ring (bicyclic) bond motifs is 3. The maximum absolute atomic E-state index is 12.9. The van der Waals surface area contributed by atoms with Crippen molar-refractivity contribution >= 4 is 27.7 Å². The van der Waals surface area contributed by atoms with Gasteiger partial charge in [0.15, 0.2) is 0 Å². The maximum atomic E-state index is 12.9. The standard InChI is InChI=1S/C22H27N3O/c1-2-3-7-14-25-20-11-6-5-10-17(20)18-15-19(23-16-21(18)25)22(26)24-12-8-4-9-13-24/h5-6,10-11,15-16H,2-4,7-9,12-14H2,1H3. The van der Waals surface area contributed by atoms with Gasteiger partial charge in [-0.3, -0.25) is 4.79 Å². The summed E-state index contributed by atoms with van der Waals surface area (Å²) in [5.41, 5.74) is 2.95. The summed E-state index contributed by atoms with van der Waals surface area (Å²) in [5.74, 6) is 0.0782. The lowest BCUT2D eigenvalue weighted by molar-refractivity contribution is 0.0718. The molecular weight excluding hydrogens is 322 g/mol. The van der Waals surface area contributed by atoms with Gasteiger partial charge in [-0.1, -0.05) is 38.0 Å². The fourth-order valence-electron chi connectivity index (χ4n) is 4.08. The molecule has 0 aliphatic carbocycles. The minimum atomic E-state index is 0.0782. The third-order valence-corrected chi connectivity index (χ3v) is 5.51. The van der Waals surface area contributed by atoms with Crippen molar-refractivity contribution in [3.8, 4) is 0 Å². The second-order valence-corrected chi connectivity index (χ2v) is 7.32. The Morgan fingerprint density at radius 2 is 1.85 bits per heavy atom. The molecule has 4 rings (SSSR count). The lowest BCUT2D eigenvalue weighted by Crippen LogP contribution is -2.36. The van der Waals surface area contributed by atoms with Gasteiger partial charge in [-0.2, -0.15) is 0 Å². The summed E-state index contributed by atoms with van der Waals surface area (Å²) >= 11 is 0. The van der Waals surface area contributed by atoms with Crippen molar-refractivity contribution in [3.05, 3.63) is 42.2 Å². The number of para-hydroxylation sites is 1. The first kappa shape index (κ1) is 17.1. The molecular formula is C22H27N3O. The normalized spacial score (nSPS) is 15.0. The Hall–Kier alpha value is -2.36. The fraction of sp³-hybridized carbons (Fsp3) is 0.455. The van der Waals surface area contributed by atoms with E-state index in [1.54, 1.807) is 0 Å². The topological polar surface area (TPSA) is 38.1 Å². The zero-order chi connectivity index (χ0) is 17.9. The quantitative estimate of drug-likeness (QED) is 0.608. The zero-order valence-corrected chi connectivity index (χ0v) is 15.6. The molecule has 4 nitrogen and oxygen atoms in total. The van der Waals surface area contributed by atoms with Crippen molar-refractivity contribution in [2.45, 2.75) is 52.0 Å². The number of carbonyl (C=O) groups excluding carboxylic acids is 1. The average Bonchev–Trinajstić information content (AvgIpc) is 3.02. The second kappa shape index (κ2) is 7.48. The summed E-state index contributed by atoms with van der Waals surface area (Å²) in [5, 5.41) is 2.36. The summed E-state index contributed by atoms with van der Waals surface area (Å²) in [6.07, 6.45) is 8.94. The van der Waals surface area contributed by atoms with E-state index in [0.717, 1.165) is 43.4 Å². The van der Waals surface area contributed by atoms with Gasteiger partial charge in [-0.15, -0.1) is 0 Å². The fourth-order valence-corrected chi connectivity index (χ4v) is 4.08. The van der Waals surface area contributed by atoms with Crippen LogP contribution in [0.3, 0.4) is 0 Å². The smallest absolute Gasteiger partial charge is 0.272 e. The van der Waals surface area contributed by atoms with Crippen LogP contribution in [0.1, 0.15) is 55.9 Å². The molecule has 1 amide bonds. The molecule has 1 saturated heterocycles. The Morgan fingerprint density at radius 3 is 2.65 bits per heavy atom. The minimum Gasteiger partial charge on any atom is -0.339 e. The van der Waals surface area contributed by atoms with E-state index in [4.69, 9.17) is 0 Å². The van der Waals surface area contributed by atoms with Crippen molar-refractivity contribution in [1.29, 1.82) is 0 Å². The highest BCUT2D eigenvalue weighted by Gasteiger charge is 2.20. The van der Waals surface area contributed by atoms with Crippen molar-refractivity contribution < 1.29 is 4.79 Å². The van der Waals surface area contributed by atoms with E-state index in [-0.39, 0.29) is 5.91 Å². The van der Waals surface area contributed by atoms with Crippen LogP contribution < -0.4 is 0 Å². The number of benzene rings is 1. The lowest BCUT2D eigenvalue weighted by atomic mass is 10.1. The molecule has 26 heavy (non-hydrogen) atoms. The molecule has 2 aromatic heterocycles.